The number of nitrogens with two attached hydrogens (primary N) is 1. The Morgan fingerprint density at radius 2 is 2.22 bits per heavy atom. The van der Waals surface area contributed by atoms with Gasteiger partial charge in [0, 0.05) is 9.75 Å². The van der Waals surface area contributed by atoms with Crippen LogP contribution in [-0.2, 0) is 11.2 Å². The fourth-order valence-electron chi connectivity index (χ4n) is 1.62. The minimum Gasteiger partial charge on any atom is -0.463 e. The van der Waals surface area contributed by atoms with E-state index in [1.54, 1.807) is 23.5 Å². The summed E-state index contributed by atoms with van der Waals surface area (Å²) in [5.41, 5.74) is 6.10. The molecule has 0 fully saturated rings. The summed E-state index contributed by atoms with van der Waals surface area (Å²) in [5, 5.41) is 0. The van der Waals surface area contributed by atoms with Gasteiger partial charge in [-0.3, -0.25) is 0 Å². The Bertz CT molecular complexity index is 544. The first-order valence-corrected chi connectivity index (χ1v) is 6.49. The van der Waals surface area contributed by atoms with E-state index in [9.17, 15) is 4.79 Å². The lowest BCUT2D eigenvalue weighted by Crippen LogP contribution is -2.09. The first-order chi connectivity index (χ1) is 8.65. The van der Waals surface area contributed by atoms with Crippen LogP contribution in [0.15, 0.2) is 28.7 Å². The maximum atomic E-state index is 11.3. The fraction of sp³-hybridized carbons (Fsp3) is 0.308. The monoisotopic (exact) mass is 265 g/mol. The molecule has 2 heterocycles. The quantitative estimate of drug-likeness (QED) is 0.863. The van der Waals surface area contributed by atoms with Gasteiger partial charge in [-0.1, -0.05) is 6.92 Å². The van der Waals surface area contributed by atoms with E-state index in [0.717, 1.165) is 11.3 Å². The molecule has 1 unspecified atom stereocenters. The zero-order valence-electron chi connectivity index (χ0n) is 10.3. The van der Waals surface area contributed by atoms with Crippen molar-refractivity contribution in [1.82, 2.24) is 0 Å². The Kier molecular flexibility index (Phi) is 3.84. The van der Waals surface area contributed by atoms with E-state index in [1.165, 1.54) is 12.0 Å². The summed E-state index contributed by atoms with van der Waals surface area (Å²) in [6.07, 6.45) is 0.989. The Hall–Kier alpha value is -1.59. The summed E-state index contributed by atoms with van der Waals surface area (Å²) in [4.78, 5) is 13.6. The zero-order valence-corrected chi connectivity index (χ0v) is 11.1. The van der Waals surface area contributed by atoms with Crippen molar-refractivity contribution in [2.75, 3.05) is 7.11 Å². The van der Waals surface area contributed by atoms with E-state index in [0.29, 0.717) is 5.76 Å². The van der Waals surface area contributed by atoms with Crippen LogP contribution < -0.4 is 5.73 Å². The molecular formula is C13H15NO3S. The average Bonchev–Trinajstić information content (AvgIpc) is 3.05. The predicted octanol–water partition coefficient (Wildman–Crippen LogP) is 2.74. The largest absolute Gasteiger partial charge is 0.463 e. The number of furan rings is 1. The van der Waals surface area contributed by atoms with Gasteiger partial charge < -0.3 is 14.9 Å². The van der Waals surface area contributed by atoms with Crippen molar-refractivity contribution in [2.45, 2.75) is 19.4 Å². The first kappa shape index (κ1) is 12.9. The van der Waals surface area contributed by atoms with Gasteiger partial charge in [-0.25, -0.2) is 4.79 Å². The third-order valence-electron chi connectivity index (χ3n) is 2.66. The Balaban J connectivity index is 2.20. The van der Waals surface area contributed by atoms with Gasteiger partial charge in [-0.05, 0) is 30.7 Å². The highest BCUT2D eigenvalue weighted by Gasteiger charge is 2.18. The number of hydrogen-bond acceptors (Lipinski definition) is 5. The molecule has 2 aromatic rings. The standard InChI is InChI=1S/C13H15NO3S/c1-3-8-4-7-11(18-8)12(14)9-5-6-10(17-9)13(15)16-2/h4-7,12H,3,14H2,1-2H3. The van der Waals surface area contributed by atoms with Crippen LogP contribution in [0.4, 0.5) is 0 Å². The van der Waals surface area contributed by atoms with Gasteiger partial charge in [0.1, 0.15) is 5.76 Å². The second-order valence-electron chi connectivity index (χ2n) is 3.83. The van der Waals surface area contributed by atoms with Crippen LogP contribution in [0.3, 0.4) is 0 Å². The van der Waals surface area contributed by atoms with Crippen LogP contribution >= 0.6 is 11.3 Å². The number of hydrogen-bond donors (Lipinski definition) is 1. The summed E-state index contributed by atoms with van der Waals surface area (Å²) in [6.45, 7) is 2.10. The number of esters is 1. The molecule has 0 amide bonds. The molecule has 0 bridgehead atoms. The number of ether oxygens (including phenoxy) is 1. The first-order valence-electron chi connectivity index (χ1n) is 5.68. The molecule has 0 radical (unpaired) electrons. The Labute approximate surface area is 109 Å². The van der Waals surface area contributed by atoms with Crippen LogP contribution in [-0.4, -0.2) is 13.1 Å². The lowest BCUT2D eigenvalue weighted by molar-refractivity contribution is 0.0563. The topological polar surface area (TPSA) is 65.5 Å². The van der Waals surface area contributed by atoms with Crippen LogP contribution in [0.5, 0.6) is 0 Å². The lowest BCUT2D eigenvalue weighted by Gasteiger charge is -2.05. The van der Waals surface area contributed by atoms with Crippen LogP contribution in [0.2, 0.25) is 0 Å². The van der Waals surface area contributed by atoms with Crippen molar-refractivity contribution in [2.24, 2.45) is 5.73 Å². The van der Waals surface area contributed by atoms with Crippen molar-refractivity contribution in [1.29, 1.82) is 0 Å². The number of aryl methyl sites for hydroxylation is 1. The molecule has 2 rings (SSSR count). The summed E-state index contributed by atoms with van der Waals surface area (Å²) in [6, 6.07) is 7.00. The Morgan fingerprint density at radius 3 is 2.83 bits per heavy atom. The highest BCUT2D eigenvalue weighted by Crippen LogP contribution is 2.28. The summed E-state index contributed by atoms with van der Waals surface area (Å²) < 4.78 is 9.99. The molecule has 4 nitrogen and oxygen atoms in total. The van der Waals surface area contributed by atoms with Crippen molar-refractivity contribution in [3.8, 4) is 0 Å². The minimum absolute atomic E-state index is 0.176. The molecule has 0 aliphatic heterocycles. The van der Waals surface area contributed by atoms with Crippen molar-refractivity contribution < 1.29 is 13.9 Å². The van der Waals surface area contributed by atoms with E-state index >= 15 is 0 Å². The molecule has 0 aliphatic carbocycles. The van der Waals surface area contributed by atoms with Crippen molar-refractivity contribution in [3.63, 3.8) is 0 Å². The van der Waals surface area contributed by atoms with E-state index in [4.69, 9.17) is 10.2 Å². The van der Waals surface area contributed by atoms with E-state index in [-0.39, 0.29) is 11.8 Å². The second kappa shape index (κ2) is 5.37. The van der Waals surface area contributed by atoms with Crippen LogP contribution in [0.25, 0.3) is 0 Å². The zero-order chi connectivity index (χ0) is 13.1. The molecule has 96 valence electrons. The number of carbonyl (C=O) groups is 1. The van der Waals surface area contributed by atoms with Gasteiger partial charge in [-0.15, -0.1) is 11.3 Å². The summed E-state index contributed by atoms with van der Waals surface area (Å²) in [5.74, 6) is 0.254. The number of methoxy groups -OCH3 is 1. The van der Waals surface area contributed by atoms with Gasteiger partial charge in [0.2, 0.25) is 5.76 Å². The highest BCUT2D eigenvalue weighted by atomic mass is 32.1. The van der Waals surface area contributed by atoms with Gasteiger partial charge in [-0.2, -0.15) is 0 Å². The van der Waals surface area contributed by atoms with Crippen molar-refractivity contribution >= 4 is 17.3 Å². The number of thiophene rings is 1. The molecule has 0 spiro atoms. The summed E-state index contributed by atoms with van der Waals surface area (Å²) in [7, 11) is 1.32. The molecule has 5 heteroatoms. The smallest absolute Gasteiger partial charge is 0.373 e. The molecule has 1 atom stereocenters. The molecule has 2 aromatic heterocycles. The molecule has 0 aliphatic rings. The lowest BCUT2D eigenvalue weighted by atomic mass is 10.2. The third-order valence-corrected chi connectivity index (χ3v) is 3.97. The maximum Gasteiger partial charge on any atom is 0.373 e. The molecule has 0 aromatic carbocycles. The molecule has 0 saturated heterocycles. The van der Waals surface area contributed by atoms with Gasteiger partial charge in [0.25, 0.3) is 0 Å². The molecule has 0 saturated carbocycles. The molecule has 18 heavy (non-hydrogen) atoms. The van der Waals surface area contributed by atoms with Gasteiger partial charge in [0.05, 0.1) is 13.2 Å². The normalized spacial score (nSPS) is 12.4. The Morgan fingerprint density at radius 1 is 1.44 bits per heavy atom. The van der Waals surface area contributed by atoms with Crippen LogP contribution in [0.1, 0.15) is 39.0 Å². The van der Waals surface area contributed by atoms with Gasteiger partial charge in [0.15, 0.2) is 0 Å². The SMILES string of the molecule is CCc1ccc(C(N)c2ccc(C(=O)OC)o2)s1. The van der Waals surface area contributed by atoms with E-state index in [1.807, 2.05) is 6.07 Å². The number of rotatable bonds is 4. The summed E-state index contributed by atoms with van der Waals surface area (Å²) >= 11 is 1.66. The van der Waals surface area contributed by atoms with Crippen LogP contribution in [0, 0.1) is 0 Å². The van der Waals surface area contributed by atoms with Crippen molar-refractivity contribution in [3.05, 3.63) is 45.5 Å². The maximum absolute atomic E-state index is 11.3. The fourth-order valence-corrected chi connectivity index (χ4v) is 2.58. The van der Waals surface area contributed by atoms with E-state index in [2.05, 4.69) is 17.7 Å². The molecular weight excluding hydrogens is 250 g/mol. The molecule has 2 N–H and O–H groups in total. The minimum atomic E-state index is -0.492. The van der Waals surface area contributed by atoms with E-state index < -0.39 is 5.97 Å². The second-order valence-corrected chi connectivity index (χ2v) is 5.03. The highest BCUT2D eigenvalue weighted by molar-refractivity contribution is 7.12. The average molecular weight is 265 g/mol. The predicted molar refractivity (Wildman–Crippen MR) is 69.8 cm³/mol. The third kappa shape index (κ3) is 2.47. The van der Waals surface area contributed by atoms with Gasteiger partial charge >= 0.3 is 5.97 Å². The number of carbonyl (C=O) groups excluding carboxylic acids is 1.